The van der Waals surface area contributed by atoms with E-state index in [0.29, 0.717) is 5.92 Å². The van der Waals surface area contributed by atoms with Gasteiger partial charge in [0.05, 0.1) is 5.60 Å². The minimum Gasteiger partial charge on any atom is -0.390 e. The van der Waals surface area contributed by atoms with E-state index in [0.717, 1.165) is 19.3 Å². The van der Waals surface area contributed by atoms with E-state index >= 15 is 0 Å². The molecular formula is C8H14O. The van der Waals surface area contributed by atoms with Crippen LogP contribution in [0.3, 0.4) is 0 Å². The number of aliphatic hydroxyl groups is 1. The Hall–Kier alpha value is -0.300. The molecule has 1 nitrogen and oxygen atoms in total. The molecule has 0 amide bonds. The molecule has 0 unspecified atom stereocenters. The number of hydrogen-bond acceptors (Lipinski definition) is 1. The summed E-state index contributed by atoms with van der Waals surface area (Å²) < 4.78 is 0. The van der Waals surface area contributed by atoms with Gasteiger partial charge in [-0.15, -0.1) is 6.58 Å². The third kappa shape index (κ3) is 1.16. The maximum atomic E-state index is 9.58. The van der Waals surface area contributed by atoms with Crippen molar-refractivity contribution in [3.63, 3.8) is 0 Å². The summed E-state index contributed by atoms with van der Waals surface area (Å²) >= 11 is 0. The van der Waals surface area contributed by atoms with Gasteiger partial charge in [-0.1, -0.05) is 6.08 Å². The molecule has 1 N–H and O–H groups in total. The Morgan fingerprint density at radius 3 is 2.67 bits per heavy atom. The molecular weight excluding hydrogens is 112 g/mol. The van der Waals surface area contributed by atoms with Crippen LogP contribution in [0.1, 0.15) is 26.2 Å². The Labute approximate surface area is 56.4 Å². The highest BCUT2D eigenvalue weighted by atomic mass is 16.3. The Morgan fingerprint density at radius 1 is 1.78 bits per heavy atom. The Morgan fingerprint density at radius 2 is 2.44 bits per heavy atom. The van der Waals surface area contributed by atoms with E-state index in [-0.39, 0.29) is 0 Å². The second kappa shape index (κ2) is 2.14. The average Bonchev–Trinajstić information content (AvgIpc) is 2.08. The van der Waals surface area contributed by atoms with E-state index in [1.54, 1.807) is 0 Å². The van der Waals surface area contributed by atoms with Crippen molar-refractivity contribution in [1.29, 1.82) is 0 Å². The summed E-state index contributed by atoms with van der Waals surface area (Å²) in [5.74, 6) is 0.331. The molecule has 0 aromatic carbocycles. The second-order valence-corrected chi connectivity index (χ2v) is 3.09. The molecule has 0 aromatic rings. The van der Waals surface area contributed by atoms with Crippen molar-refractivity contribution in [3.05, 3.63) is 12.7 Å². The van der Waals surface area contributed by atoms with Gasteiger partial charge in [0.2, 0.25) is 0 Å². The van der Waals surface area contributed by atoms with E-state index in [4.69, 9.17) is 0 Å². The fourth-order valence-electron chi connectivity index (χ4n) is 1.55. The van der Waals surface area contributed by atoms with Crippen molar-refractivity contribution in [2.45, 2.75) is 31.8 Å². The van der Waals surface area contributed by atoms with Crippen LogP contribution in [-0.2, 0) is 0 Å². The fourth-order valence-corrected chi connectivity index (χ4v) is 1.55. The Bertz CT molecular complexity index is 116. The summed E-state index contributed by atoms with van der Waals surface area (Å²) in [6.45, 7) is 5.57. The summed E-state index contributed by atoms with van der Waals surface area (Å²) in [5.41, 5.74) is -0.457. The van der Waals surface area contributed by atoms with Crippen LogP contribution in [-0.4, -0.2) is 10.7 Å². The van der Waals surface area contributed by atoms with Crippen LogP contribution in [0, 0.1) is 5.92 Å². The van der Waals surface area contributed by atoms with Crippen LogP contribution in [0.25, 0.3) is 0 Å². The highest BCUT2D eigenvalue weighted by molar-refractivity contribution is 4.97. The van der Waals surface area contributed by atoms with E-state index in [9.17, 15) is 5.11 Å². The molecule has 0 aliphatic heterocycles. The molecule has 1 aliphatic carbocycles. The van der Waals surface area contributed by atoms with Crippen LogP contribution >= 0.6 is 0 Å². The molecule has 1 rings (SSSR count). The third-order valence-electron chi connectivity index (χ3n) is 2.28. The topological polar surface area (TPSA) is 20.2 Å². The Balaban J connectivity index is 2.62. The summed E-state index contributed by atoms with van der Waals surface area (Å²) in [7, 11) is 0. The van der Waals surface area contributed by atoms with Gasteiger partial charge in [-0.3, -0.25) is 0 Å². The van der Waals surface area contributed by atoms with Crippen molar-refractivity contribution in [3.8, 4) is 0 Å². The smallest absolute Gasteiger partial charge is 0.0682 e. The molecule has 2 atom stereocenters. The molecule has 1 saturated carbocycles. The predicted molar refractivity (Wildman–Crippen MR) is 38.2 cm³/mol. The van der Waals surface area contributed by atoms with Crippen molar-refractivity contribution in [1.82, 2.24) is 0 Å². The lowest BCUT2D eigenvalue weighted by Crippen LogP contribution is -2.26. The standard InChI is InChI=1S/C8H14O/c1-3-7-5-4-6-8(7,2)9/h3,7,9H,1,4-6H2,2H3/t7-,8-/m0/s1. The third-order valence-corrected chi connectivity index (χ3v) is 2.28. The summed E-state index contributed by atoms with van der Waals surface area (Å²) in [4.78, 5) is 0. The molecule has 9 heavy (non-hydrogen) atoms. The molecule has 0 spiro atoms. The number of hydrogen-bond donors (Lipinski definition) is 1. The first-order chi connectivity index (χ1) is 4.17. The van der Waals surface area contributed by atoms with Gasteiger partial charge >= 0.3 is 0 Å². The minimum absolute atomic E-state index is 0.331. The predicted octanol–water partition coefficient (Wildman–Crippen LogP) is 1.72. The maximum absolute atomic E-state index is 9.58. The normalized spacial score (nSPS) is 43.1. The van der Waals surface area contributed by atoms with Gasteiger partial charge in [-0.2, -0.15) is 0 Å². The van der Waals surface area contributed by atoms with Gasteiger partial charge in [0.25, 0.3) is 0 Å². The van der Waals surface area contributed by atoms with Gasteiger partial charge in [0.1, 0.15) is 0 Å². The first-order valence-corrected chi connectivity index (χ1v) is 3.52. The fraction of sp³-hybridized carbons (Fsp3) is 0.750. The van der Waals surface area contributed by atoms with Crippen molar-refractivity contribution in [2.75, 3.05) is 0 Å². The minimum atomic E-state index is -0.457. The first kappa shape index (κ1) is 6.81. The van der Waals surface area contributed by atoms with Crippen LogP contribution in [0.2, 0.25) is 0 Å². The van der Waals surface area contributed by atoms with Gasteiger partial charge in [-0.05, 0) is 26.2 Å². The van der Waals surface area contributed by atoms with Gasteiger partial charge in [0.15, 0.2) is 0 Å². The summed E-state index contributed by atoms with van der Waals surface area (Å²) in [6, 6.07) is 0. The summed E-state index contributed by atoms with van der Waals surface area (Å²) in [6.07, 6.45) is 5.05. The van der Waals surface area contributed by atoms with E-state index in [2.05, 4.69) is 6.58 Å². The van der Waals surface area contributed by atoms with Crippen LogP contribution in [0.15, 0.2) is 12.7 Å². The van der Waals surface area contributed by atoms with E-state index in [1.807, 2.05) is 13.0 Å². The van der Waals surface area contributed by atoms with E-state index in [1.165, 1.54) is 0 Å². The highest BCUT2D eigenvalue weighted by Crippen LogP contribution is 2.35. The highest BCUT2D eigenvalue weighted by Gasteiger charge is 2.34. The molecule has 1 heteroatoms. The molecule has 1 fully saturated rings. The molecule has 0 aromatic heterocycles. The van der Waals surface area contributed by atoms with Crippen LogP contribution < -0.4 is 0 Å². The van der Waals surface area contributed by atoms with Gasteiger partial charge < -0.3 is 5.11 Å². The molecule has 0 radical (unpaired) electrons. The molecule has 1 aliphatic rings. The largest absolute Gasteiger partial charge is 0.390 e. The van der Waals surface area contributed by atoms with Crippen LogP contribution in [0.4, 0.5) is 0 Å². The summed E-state index contributed by atoms with van der Waals surface area (Å²) in [5, 5.41) is 9.58. The quantitative estimate of drug-likeness (QED) is 0.530. The lowest BCUT2D eigenvalue weighted by molar-refractivity contribution is 0.0390. The van der Waals surface area contributed by atoms with Crippen molar-refractivity contribution in [2.24, 2.45) is 5.92 Å². The Kier molecular flexibility index (Phi) is 1.62. The van der Waals surface area contributed by atoms with Crippen molar-refractivity contribution < 1.29 is 5.11 Å². The zero-order valence-electron chi connectivity index (χ0n) is 5.93. The molecule has 0 bridgehead atoms. The molecule has 52 valence electrons. The molecule has 0 saturated heterocycles. The molecule has 0 heterocycles. The monoisotopic (exact) mass is 126 g/mol. The lowest BCUT2D eigenvalue weighted by atomic mass is 9.93. The van der Waals surface area contributed by atoms with E-state index < -0.39 is 5.60 Å². The zero-order chi connectivity index (χ0) is 6.91. The van der Waals surface area contributed by atoms with Gasteiger partial charge in [0, 0.05) is 5.92 Å². The first-order valence-electron chi connectivity index (χ1n) is 3.52. The SMILES string of the molecule is C=C[C@H]1CCC[C@]1(C)O. The number of rotatable bonds is 1. The van der Waals surface area contributed by atoms with Crippen molar-refractivity contribution >= 4 is 0 Å². The maximum Gasteiger partial charge on any atom is 0.0682 e. The lowest BCUT2D eigenvalue weighted by Gasteiger charge is -2.21. The second-order valence-electron chi connectivity index (χ2n) is 3.09. The average molecular weight is 126 g/mol. The van der Waals surface area contributed by atoms with Crippen LogP contribution in [0.5, 0.6) is 0 Å². The van der Waals surface area contributed by atoms with Gasteiger partial charge in [-0.25, -0.2) is 0 Å². The zero-order valence-corrected chi connectivity index (χ0v) is 5.93.